The molecule has 0 spiro atoms. The molecule has 0 aliphatic heterocycles. The first kappa shape index (κ1) is 18.8. The number of hydrogen-bond acceptors (Lipinski definition) is 4. The van der Waals surface area contributed by atoms with Crippen molar-refractivity contribution in [1.82, 2.24) is 14.9 Å². The van der Waals surface area contributed by atoms with E-state index in [0.29, 0.717) is 19.5 Å². The van der Waals surface area contributed by atoms with Crippen LogP contribution in [0, 0.1) is 11.6 Å². The van der Waals surface area contributed by atoms with Gasteiger partial charge in [-0.3, -0.25) is 9.10 Å². The van der Waals surface area contributed by atoms with Crippen molar-refractivity contribution in [2.75, 3.05) is 23.7 Å². The monoisotopic (exact) mass is 372 g/mol. The number of nitrogens with one attached hydrogen (secondary N) is 1. The van der Waals surface area contributed by atoms with E-state index in [-0.39, 0.29) is 5.69 Å². The molecule has 0 aliphatic carbocycles. The van der Waals surface area contributed by atoms with Gasteiger partial charge in [-0.05, 0) is 18.6 Å². The van der Waals surface area contributed by atoms with Crippen molar-refractivity contribution in [2.24, 2.45) is 0 Å². The summed E-state index contributed by atoms with van der Waals surface area (Å²) in [4.78, 5) is 15.9. The summed E-state index contributed by atoms with van der Waals surface area (Å²) >= 11 is 0. The third-order valence-electron chi connectivity index (χ3n) is 3.35. The molecule has 0 bridgehead atoms. The van der Waals surface area contributed by atoms with Crippen LogP contribution in [-0.2, 0) is 21.4 Å². The van der Waals surface area contributed by atoms with Crippen LogP contribution in [0.25, 0.3) is 0 Å². The normalized spacial score (nSPS) is 11.3. The molecule has 1 amide bonds. The minimum absolute atomic E-state index is 0.116. The van der Waals surface area contributed by atoms with E-state index in [1.165, 1.54) is 0 Å². The number of nitrogens with zero attached hydrogens (tertiary/aromatic N) is 3. The Morgan fingerprint density at radius 2 is 2.08 bits per heavy atom. The van der Waals surface area contributed by atoms with Gasteiger partial charge in [-0.1, -0.05) is 0 Å². The van der Waals surface area contributed by atoms with Crippen LogP contribution >= 0.6 is 0 Å². The lowest BCUT2D eigenvalue weighted by Gasteiger charge is -2.22. The summed E-state index contributed by atoms with van der Waals surface area (Å²) < 4.78 is 52.7. The molecule has 2 aromatic rings. The maximum atomic E-state index is 13.3. The van der Waals surface area contributed by atoms with E-state index in [2.05, 4.69) is 10.3 Å². The number of imidazole rings is 1. The Morgan fingerprint density at radius 3 is 2.68 bits per heavy atom. The summed E-state index contributed by atoms with van der Waals surface area (Å²) in [6, 6.07) is 2.65. The highest BCUT2D eigenvalue weighted by Crippen LogP contribution is 2.20. The topological polar surface area (TPSA) is 84.3 Å². The zero-order chi connectivity index (χ0) is 18.4. The van der Waals surface area contributed by atoms with Crippen molar-refractivity contribution >= 4 is 21.6 Å². The highest BCUT2D eigenvalue weighted by Gasteiger charge is 2.21. The third-order valence-corrected chi connectivity index (χ3v) is 4.49. The number of amides is 1. The Morgan fingerprint density at radius 1 is 1.32 bits per heavy atom. The highest BCUT2D eigenvalue weighted by molar-refractivity contribution is 7.92. The minimum Gasteiger partial charge on any atom is -0.354 e. The standard InChI is InChI=1S/C15H18F2N4O3S/c1-25(23,24)21(12-3-4-13(16)14(17)9-12)10-15(22)19-5-2-7-20-8-6-18-11-20/h3-4,6,8-9,11H,2,5,7,10H2,1H3,(H,19,22). The molecular formula is C15H18F2N4O3S. The van der Waals surface area contributed by atoms with E-state index in [0.717, 1.165) is 28.8 Å². The fraction of sp³-hybridized carbons (Fsp3) is 0.333. The first-order valence-corrected chi connectivity index (χ1v) is 9.27. The Bertz CT molecular complexity index is 825. The zero-order valence-corrected chi connectivity index (χ0v) is 14.3. The molecule has 10 heteroatoms. The van der Waals surface area contributed by atoms with Crippen LogP contribution in [-0.4, -0.2) is 43.2 Å². The van der Waals surface area contributed by atoms with Crippen molar-refractivity contribution in [2.45, 2.75) is 13.0 Å². The van der Waals surface area contributed by atoms with Gasteiger partial charge in [-0.25, -0.2) is 22.2 Å². The van der Waals surface area contributed by atoms with Crippen LogP contribution in [0.3, 0.4) is 0 Å². The maximum Gasteiger partial charge on any atom is 0.240 e. The fourth-order valence-corrected chi connectivity index (χ4v) is 2.98. The van der Waals surface area contributed by atoms with Crippen molar-refractivity contribution in [1.29, 1.82) is 0 Å². The molecule has 0 saturated heterocycles. The molecule has 0 fully saturated rings. The van der Waals surface area contributed by atoms with Gasteiger partial charge in [0.05, 0.1) is 18.3 Å². The lowest BCUT2D eigenvalue weighted by atomic mass is 10.3. The number of aromatic nitrogens is 2. The summed E-state index contributed by atoms with van der Waals surface area (Å²) in [5.74, 6) is -2.83. The smallest absolute Gasteiger partial charge is 0.240 e. The van der Waals surface area contributed by atoms with Crippen LogP contribution in [0.2, 0.25) is 0 Å². The molecule has 7 nitrogen and oxygen atoms in total. The van der Waals surface area contributed by atoms with E-state index in [1.807, 2.05) is 4.57 Å². The van der Waals surface area contributed by atoms with Crippen molar-refractivity contribution in [3.63, 3.8) is 0 Å². The second-order valence-electron chi connectivity index (χ2n) is 5.37. The Hall–Kier alpha value is -2.49. The van der Waals surface area contributed by atoms with Crippen LogP contribution in [0.15, 0.2) is 36.9 Å². The van der Waals surface area contributed by atoms with Gasteiger partial charge in [0.25, 0.3) is 0 Å². The molecule has 1 aromatic heterocycles. The van der Waals surface area contributed by atoms with E-state index in [1.54, 1.807) is 18.7 Å². The molecule has 0 aliphatic rings. The lowest BCUT2D eigenvalue weighted by molar-refractivity contribution is -0.119. The van der Waals surface area contributed by atoms with Gasteiger partial charge in [-0.2, -0.15) is 0 Å². The van der Waals surface area contributed by atoms with Crippen LogP contribution in [0.5, 0.6) is 0 Å². The number of carbonyl (C=O) groups excluding carboxylic acids is 1. The molecule has 1 aromatic carbocycles. The third kappa shape index (κ3) is 5.52. The van der Waals surface area contributed by atoms with Gasteiger partial charge in [0, 0.05) is 31.5 Å². The summed E-state index contributed by atoms with van der Waals surface area (Å²) in [5, 5.41) is 2.60. The first-order chi connectivity index (χ1) is 11.8. The van der Waals surface area contributed by atoms with Crippen LogP contribution < -0.4 is 9.62 Å². The zero-order valence-electron chi connectivity index (χ0n) is 13.5. The van der Waals surface area contributed by atoms with Crippen molar-refractivity contribution in [3.05, 3.63) is 48.6 Å². The Balaban J connectivity index is 1.94. The summed E-state index contributed by atoms with van der Waals surface area (Å²) in [5.41, 5.74) is -0.116. The van der Waals surface area contributed by atoms with Crippen molar-refractivity contribution < 1.29 is 22.0 Å². The summed E-state index contributed by atoms with van der Waals surface area (Å²) in [6.07, 6.45) is 6.60. The lowest BCUT2D eigenvalue weighted by Crippen LogP contribution is -2.40. The quantitative estimate of drug-likeness (QED) is 0.704. The second kappa shape index (κ2) is 8.06. The van der Waals surface area contributed by atoms with Crippen molar-refractivity contribution in [3.8, 4) is 0 Å². The Kier molecular flexibility index (Phi) is 6.07. The molecule has 0 saturated carbocycles. The van der Waals surface area contributed by atoms with Gasteiger partial charge < -0.3 is 9.88 Å². The number of hydrogen-bond donors (Lipinski definition) is 1. The highest BCUT2D eigenvalue weighted by atomic mass is 32.2. The molecule has 1 heterocycles. The van der Waals surface area contributed by atoms with E-state index in [4.69, 9.17) is 0 Å². The summed E-state index contributed by atoms with van der Waals surface area (Å²) in [7, 11) is -3.84. The number of sulfonamides is 1. The van der Waals surface area contributed by atoms with Gasteiger partial charge >= 0.3 is 0 Å². The van der Waals surface area contributed by atoms with E-state index in [9.17, 15) is 22.0 Å². The number of halogens is 2. The fourth-order valence-electron chi connectivity index (χ4n) is 2.13. The molecule has 25 heavy (non-hydrogen) atoms. The molecule has 1 N–H and O–H groups in total. The average molecular weight is 372 g/mol. The molecule has 136 valence electrons. The van der Waals surface area contributed by atoms with Gasteiger partial charge in [-0.15, -0.1) is 0 Å². The number of benzene rings is 1. The van der Waals surface area contributed by atoms with Crippen LogP contribution in [0.1, 0.15) is 6.42 Å². The molecule has 0 unspecified atom stereocenters. The predicted molar refractivity (Wildman–Crippen MR) is 88.4 cm³/mol. The van der Waals surface area contributed by atoms with Gasteiger partial charge in [0.15, 0.2) is 11.6 Å². The molecule has 0 radical (unpaired) electrons. The number of carbonyl (C=O) groups is 1. The average Bonchev–Trinajstić information content (AvgIpc) is 3.04. The molecule has 2 rings (SSSR count). The predicted octanol–water partition coefficient (Wildman–Crippen LogP) is 1.13. The Labute approximate surface area is 144 Å². The SMILES string of the molecule is CS(=O)(=O)N(CC(=O)NCCCn1ccnc1)c1ccc(F)c(F)c1. The second-order valence-corrected chi connectivity index (χ2v) is 7.28. The van der Waals surface area contributed by atoms with E-state index >= 15 is 0 Å². The van der Waals surface area contributed by atoms with Crippen LogP contribution in [0.4, 0.5) is 14.5 Å². The van der Waals surface area contributed by atoms with Gasteiger partial charge in [0.2, 0.25) is 15.9 Å². The van der Waals surface area contributed by atoms with E-state index < -0.39 is 34.1 Å². The largest absolute Gasteiger partial charge is 0.354 e. The summed E-state index contributed by atoms with van der Waals surface area (Å²) in [6.45, 7) is 0.473. The first-order valence-electron chi connectivity index (χ1n) is 7.42. The maximum absolute atomic E-state index is 13.3. The number of rotatable bonds is 8. The minimum atomic E-state index is -3.84. The molecule has 0 atom stereocenters. The number of aryl methyl sites for hydroxylation is 1. The van der Waals surface area contributed by atoms with Gasteiger partial charge in [0.1, 0.15) is 6.54 Å². The number of anilines is 1. The molecular weight excluding hydrogens is 354 g/mol.